The van der Waals surface area contributed by atoms with E-state index < -0.39 is 39.9 Å². The van der Waals surface area contributed by atoms with Gasteiger partial charge in [0.2, 0.25) is 0 Å². The molecule has 0 radical (unpaired) electrons. The number of nitrogens with one attached hydrogen (secondary N) is 1. The summed E-state index contributed by atoms with van der Waals surface area (Å²) in [7, 11) is -9.77. The van der Waals surface area contributed by atoms with Crippen LogP contribution in [0.2, 0.25) is 0 Å². The Morgan fingerprint density at radius 3 is 2.48 bits per heavy atom. The molecule has 0 spiro atoms. The van der Waals surface area contributed by atoms with Gasteiger partial charge in [-0.05, 0) is 46.1 Å². The average molecular weight is 454 g/mol. The number of aliphatic hydroxyl groups is 1. The van der Waals surface area contributed by atoms with Crippen molar-refractivity contribution in [3.05, 3.63) is 24.0 Å². The van der Waals surface area contributed by atoms with E-state index in [2.05, 4.69) is 16.2 Å². The number of aliphatic hydroxyl groups excluding tert-OH is 1. The third-order valence-electron chi connectivity index (χ3n) is 4.37. The molecule has 5 unspecified atom stereocenters. The van der Waals surface area contributed by atoms with E-state index in [0.29, 0.717) is 12.1 Å². The lowest BCUT2D eigenvalue weighted by Gasteiger charge is -2.31. The minimum Gasteiger partial charge on any atom is -0.393 e. The number of hydrogen-bond acceptors (Lipinski definition) is 7. The Kier molecular flexibility index (Phi) is 7.20. The number of hydrogen-bond donors (Lipinski definition) is 4. The zero-order valence-electron chi connectivity index (χ0n) is 16.8. The molecule has 5 atom stereocenters. The van der Waals surface area contributed by atoms with Crippen molar-refractivity contribution in [1.82, 2.24) is 10.2 Å². The molecule has 0 bridgehead atoms. The summed E-state index contributed by atoms with van der Waals surface area (Å²) in [4.78, 5) is 32.9. The van der Waals surface area contributed by atoms with Crippen LogP contribution in [0.1, 0.15) is 40.5 Å². The van der Waals surface area contributed by atoms with Gasteiger partial charge in [-0.1, -0.05) is 6.58 Å². The summed E-state index contributed by atoms with van der Waals surface area (Å²) in [6.07, 6.45) is 1.26. The molecule has 1 fully saturated rings. The van der Waals surface area contributed by atoms with Crippen molar-refractivity contribution < 1.29 is 42.2 Å². The minimum atomic E-state index is -4.93. The predicted molar refractivity (Wildman–Crippen MR) is 103 cm³/mol. The first-order valence-electron chi connectivity index (χ1n) is 8.96. The normalized spacial score (nSPS) is 29.8. The molecule has 166 valence electrons. The van der Waals surface area contributed by atoms with Gasteiger partial charge in [-0.15, -0.1) is 0 Å². The van der Waals surface area contributed by atoms with E-state index in [9.17, 15) is 28.8 Å². The summed E-state index contributed by atoms with van der Waals surface area (Å²) in [5, 5.41) is 12.9. The topological polar surface area (TPSA) is 155 Å². The van der Waals surface area contributed by atoms with Gasteiger partial charge in [-0.3, -0.25) is 13.9 Å². The third-order valence-corrected chi connectivity index (χ3v) is 7.28. The van der Waals surface area contributed by atoms with Crippen molar-refractivity contribution in [2.75, 3.05) is 6.61 Å². The second-order valence-corrected chi connectivity index (χ2v) is 11.1. The molecule has 1 aliphatic heterocycles. The van der Waals surface area contributed by atoms with Crippen LogP contribution in [-0.4, -0.2) is 50.2 Å². The van der Waals surface area contributed by atoms with Gasteiger partial charge in [0, 0.05) is 23.9 Å². The Labute approximate surface area is 169 Å². The van der Waals surface area contributed by atoms with Crippen LogP contribution in [0.15, 0.2) is 24.0 Å². The van der Waals surface area contributed by atoms with E-state index in [4.69, 9.17) is 9.05 Å². The Bertz CT molecular complexity index is 792. The quantitative estimate of drug-likeness (QED) is 0.425. The highest BCUT2D eigenvalue weighted by molar-refractivity contribution is 7.61. The molecule has 0 saturated heterocycles. The lowest BCUT2D eigenvalue weighted by atomic mass is 10.1. The second kappa shape index (κ2) is 8.61. The van der Waals surface area contributed by atoms with E-state index in [0.717, 1.165) is 5.57 Å². The fraction of sp³-hybridized carbons (Fsp3) is 0.688. The number of urea groups is 1. The van der Waals surface area contributed by atoms with Crippen LogP contribution in [0.25, 0.3) is 0 Å². The molecule has 2 amide bonds. The van der Waals surface area contributed by atoms with Crippen LogP contribution < -0.4 is 5.32 Å². The van der Waals surface area contributed by atoms with Crippen LogP contribution >= 0.6 is 15.6 Å². The third kappa shape index (κ3) is 7.01. The first kappa shape index (κ1) is 24.2. The van der Waals surface area contributed by atoms with Crippen molar-refractivity contribution >= 4 is 21.7 Å². The molecule has 0 aromatic rings. The van der Waals surface area contributed by atoms with Crippen molar-refractivity contribution in [2.45, 2.75) is 58.3 Å². The average Bonchev–Trinajstić information content (AvgIpc) is 2.86. The van der Waals surface area contributed by atoms with Crippen molar-refractivity contribution in [2.24, 2.45) is 5.92 Å². The molecule has 0 aromatic heterocycles. The minimum absolute atomic E-state index is 0.236. The maximum atomic E-state index is 12.2. The summed E-state index contributed by atoms with van der Waals surface area (Å²) in [6, 6.07) is -0.732. The highest BCUT2D eigenvalue weighted by Gasteiger charge is 2.42. The highest BCUT2D eigenvalue weighted by atomic mass is 31.3. The molecule has 1 aliphatic carbocycles. The van der Waals surface area contributed by atoms with Crippen LogP contribution in [0.4, 0.5) is 4.79 Å². The van der Waals surface area contributed by atoms with Gasteiger partial charge in [0.05, 0.1) is 18.3 Å². The number of carbonyl (C=O) groups excluding carboxylic acids is 1. The molecule has 4 N–H and O–H groups in total. The van der Waals surface area contributed by atoms with Gasteiger partial charge >= 0.3 is 21.7 Å². The van der Waals surface area contributed by atoms with Gasteiger partial charge < -0.3 is 20.2 Å². The molecule has 11 nitrogen and oxygen atoms in total. The smallest absolute Gasteiger partial charge is 0.393 e. The molecule has 1 heterocycles. The van der Waals surface area contributed by atoms with Gasteiger partial charge in [0.1, 0.15) is 0 Å². The Morgan fingerprint density at radius 1 is 1.28 bits per heavy atom. The fourth-order valence-electron chi connectivity index (χ4n) is 3.10. The number of nitrogens with zero attached hydrogens (tertiary/aromatic N) is 1. The van der Waals surface area contributed by atoms with Gasteiger partial charge in [0.25, 0.3) is 0 Å². The number of phosphoric ester groups is 2. The zero-order chi connectivity index (χ0) is 22.2. The molecule has 29 heavy (non-hydrogen) atoms. The Morgan fingerprint density at radius 2 is 1.90 bits per heavy atom. The van der Waals surface area contributed by atoms with Crippen LogP contribution in [0.5, 0.6) is 0 Å². The Balaban J connectivity index is 1.96. The van der Waals surface area contributed by atoms with Gasteiger partial charge in [0.15, 0.2) is 0 Å². The first-order valence-corrected chi connectivity index (χ1v) is 11.9. The highest BCUT2D eigenvalue weighted by Crippen LogP contribution is 2.62. The predicted octanol–water partition coefficient (Wildman–Crippen LogP) is 2.62. The first-order chi connectivity index (χ1) is 13.1. The lowest BCUT2D eigenvalue weighted by Crippen LogP contribution is -2.45. The number of carbonyl (C=O) groups is 1. The zero-order valence-corrected chi connectivity index (χ0v) is 18.6. The largest absolute Gasteiger partial charge is 0.481 e. The van der Waals surface area contributed by atoms with Gasteiger partial charge in [-0.2, -0.15) is 4.31 Å². The van der Waals surface area contributed by atoms with E-state index >= 15 is 0 Å². The van der Waals surface area contributed by atoms with E-state index in [1.807, 2.05) is 0 Å². The van der Waals surface area contributed by atoms with E-state index in [1.54, 1.807) is 13.1 Å². The second-order valence-electron chi connectivity index (χ2n) is 8.10. The molecule has 1 saturated carbocycles. The number of rotatable bonds is 7. The molecule has 13 heteroatoms. The monoisotopic (exact) mass is 454 g/mol. The summed E-state index contributed by atoms with van der Waals surface area (Å²) < 4.78 is 37.7. The van der Waals surface area contributed by atoms with Gasteiger partial charge in [-0.25, -0.2) is 13.9 Å². The van der Waals surface area contributed by atoms with Crippen LogP contribution in [0.3, 0.4) is 0 Å². The number of amides is 2. The molecule has 0 aromatic carbocycles. The van der Waals surface area contributed by atoms with Crippen LogP contribution in [-0.2, 0) is 22.5 Å². The summed E-state index contributed by atoms with van der Waals surface area (Å²) in [5.74, 6) is -0.586. The van der Waals surface area contributed by atoms with Crippen molar-refractivity contribution in [3.8, 4) is 0 Å². The van der Waals surface area contributed by atoms with Crippen molar-refractivity contribution in [1.29, 1.82) is 0 Å². The fourth-order valence-corrected chi connectivity index (χ4v) is 5.53. The number of phosphoric acid groups is 2. The standard InChI is InChI=1S/C16H28N2O9P2/c1-10-8-18(15(20)17-11(10)2)13-6-12(14(19)7-13)9-25-28(21,22)27-29(23,24)26-16(3,4)5/h8,12-14,19H,2,6-7,9H2,1,3-5H3,(H,17,20)(H,21,22)(H,23,24). The maximum absolute atomic E-state index is 12.2. The maximum Gasteiger partial charge on any atom is 0.481 e. The molecule has 2 rings (SSSR count). The molecular formula is C16H28N2O9P2. The SMILES string of the molecule is C=C1NC(=O)N(C2CC(O)C(COP(=O)(O)OP(=O)(O)OC(C)(C)C)C2)C=C1C. The van der Waals surface area contributed by atoms with Crippen LogP contribution in [0, 0.1) is 5.92 Å². The summed E-state index contributed by atoms with van der Waals surface area (Å²) in [6.45, 7) is 9.51. The summed E-state index contributed by atoms with van der Waals surface area (Å²) in [5.41, 5.74) is 0.170. The Hall–Kier alpha value is -1.03. The molecular weight excluding hydrogens is 426 g/mol. The van der Waals surface area contributed by atoms with Crippen molar-refractivity contribution in [3.63, 3.8) is 0 Å². The van der Waals surface area contributed by atoms with E-state index in [-0.39, 0.29) is 18.5 Å². The summed E-state index contributed by atoms with van der Waals surface area (Å²) >= 11 is 0. The number of allylic oxidation sites excluding steroid dienone is 1. The van der Waals surface area contributed by atoms with E-state index in [1.165, 1.54) is 25.7 Å². The molecule has 2 aliphatic rings. The lowest BCUT2D eigenvalue weighted by molar-refractivity contribution is 0.0639.